The second kappa shape index (κ2) is 7.10. The van der Waals surface area contributed by atoms with Crippen molar-refractivity contribution < 1.29 is 0 Å². The smallest absolute Gasteiger partial charge is 0.0701 e. The number of piperidine rings is 1. The molecule has 1 saturated heterocycles. The summed E-state index contributed by atoms with van der Waals surface area (Å²) in [6.07, 6.45) is 3.90. The van der Waals surface area contributed by atoms with Crippen LogP contribution in [0.25, 0.3) is 0 Å². The van der Waals surface area contributed by atoms with Crippen molar-refractivity contribution in [2.75, 3.05) is 6.54 Å². The highest BCUT2D eigenvalue weighted by atomic mass is 79.9. The number of likely N-dealkylation sites (tertiary alicyclic amines) is 1. The van der Waals surface area contributed by atoms with Crippen molar-refractivity contribution in [3.05, 3.63) is 20.8 Å². The number of rotatable bonds is 3. The van der Waals surface area contributed by atoms with Crippen molar-refractivity contribution in [1.82, 2.24) is 4.90 Å². The fourth-order valence-corrected chi connectivity index (χ4v) is 3.67. The monoisotopic (exact) mass is 338 g/mol. The maximum atomic E-state index is 6.07. The molecule has 1 aliphatic heterocycles. The van der Waals surface area contributed by atoms with Gasteiger partial charge < -0.3 is 5.73 Å². The van der Waals surface area contributed by atoms with Crippen molar-refractivity contribution in [2.45, 2.75) is 44.8 Å². The number of nitrogens with zero attached hydrogens (tertiary/aromatic N) is 1. The molecule has 0 radical (unpaired) electrons. The van der Waals surface area contributed by atoms with Crippen molar-refractivity contribution in [1.29, 1.82) is 0 Å². The van der Waals surface area contributed by atoms with Gasteiger partial charge in [-0.05, 0) is 59.2 Å². The third-order valence-electron chi connectivity index (χ3n) is 3.28. The molecule has 2 unspecified atom stereocenters. The Labute approximate surface area is 122 Å². The molecule has 1 aliphatic rings. The van der Waals surface area contributed by atoms with Gasteiger partial charge in [0.25, 0.3) is 0 Å². The minimum atomic E-state index is 0. The van der Waals surface area contributed by atoms with E-state index in [-0.39, 0.29) is 18.4 Å². The zero-order valence-electron chi connectivity index (χ0n) is 10.1. The van der Waals surface area contributed by atoms with E-state index in [1.807, 2.05) is 0 Å². The van der Waals surface area contributed by atoms with Crippen LogP contribution in [-0.2, 0) is 6.54 Å². The summed E-state index contributed by atoms with van der Waals surface area (Å²) in [4.78, 5) is 2.54. The quantitative estimate of drug-likeness (QED) is 0.911. The molecule has 0 amide bonds. The lowest BCUT2D eigenvalue weighted by molar-refractivity contribution is 0.123. The van der Waals surface area contributed by atoms with E-state index in [1.54, 1.807) is 11.3 Å². The van der Waals surface area contributed by atoms with Crippen LogP contribution < -0.4 is 5.73 Å². The first kappa shape index (κ1) is 15.4. The zero-order valence-corrected chi connectivity index (χ0v) is 13.3. The molecule has 2 nitrogen and oxygen atoms in total. The van der Waals surface area contributed by atoms with Crippen LogP contribution in [0.4, 0.5) is 0 Å². The second-order valence-electron chi connectivity index (χ2n) is 4.65. The van der Waals surface area contributed by atoms with Crippen LogP contribution in [-0.4, -0.2) is 23.5 Å². The fraction of sp³-hybridized carbons (Fsp3) is 0.667. The van der Waals surface area contributed by atoms with E-state index >= 15 is 0 Å². The molecule has 98 valence electrons. The second-order valence-corrected chi connectivity index (χ2v) is 6.94. The van der Waals surface area contributed by atoms with Gasteiger partial charge in [0.15, 0.2) is 0 Å². The van der Waals surface area contributed by atoms with Gasteiger partial charge in [-0.1, -0.05) is 6.42 Å². The van der Waals surface area contributed by atoms with Crippen LogP contribution in [0, 0.1) is 0 Å². The highest BCUT2D eigenvalue weighted by Gasteiger charge is 2.25. The largest absolute Gasteiger partial charge is 0.327 e. The van der Waals surface area contributed by atoms with E-state index in [2.05, 4.69) is 39.2 Å². The first-order chi connectivity index (χ1) is 7.66. The molecule has 0 aliphatic carbocycles. The number of hydrogen-bond acceptors (Lipinski definition) is 3. The van der Waals surface area contributed by atoms with Gasteiger partial charge in [-0.15, -0.1) is 23.7 Å². The van der Waals surface area contributed by atoms with Gasteiger partial charge in [-0.25, -0.2) is 0 Å². The van der Waals surface area contributed by atoms with Gasteiger partial charge in [0.2, 0.25) is 0 Å². The van der Waals surface area contributed by atoms with E-state index in [0.717, 1.165) is 6.54 Å². The van der Waals surface area contributed by atoms with Crippen LogP contribution >= 0.6 is 39.7 Å². The predicted octanol–water partition coefficient (Wildman–Crippen LogP) is 3.63. The molecule has 2 rings (SSSR count). The Kier molecular flexibility index (Phi) is 6.45. The van der Waals surface area contributed by atoms with Crippen molar-refractivity contribution in [3.8, 4) is 0 Å². The molecule has 0 spiro atoms. The maximum Gasteiger partial charge on any atom is 0.0701 e. The van der Waals surface area contributed by atoms with E-state index in [0.29, 0.717) is 6.04 Å². The number of nitrogens with two attached hydrogens (primary N) is 1. The molecule has 5 heteroatoms. The normalized spacial score (nSPS) is 23.1. The summed E-state index contributed by atoms with van der Waals surface area (Å²) >= 11 is 5.28. The minimum Gasteiger partial charge on any atom is -0.327 e. The number of thiophene rings is 1. The van der Waals surface area contributed by atoms with Crippen LogP contribution in [0.2, 0.25) is 0 Å². The molecule has 1 fully saturated rings. The molecular weight excluding hydrogens is 320 g/mol. The Balaban J connectivity index is 0.00000144. The van der Waals surface area contributed by atoms with Gasteiger partial charge in [-0.2, -0.15) is 0 Å². The number of halogens is 2. The third kappa shape index (κ3) is 4.21. The molecule has 2 heterocycles. The van der Waals surface area contributed by atoms with Gasteiger partial charge in [0, 0.05) is 18.6 Å². The zero-order chi connectivity index (χ0) is 11.5. The van der Waals surface area contributed by atoms with Crippen molar-refractivity contribution in [2.24, 2.45) is 5.73 Å². The molecule has 0 aromatic carbocycles. The first-order valence-corrected chi connectivity index (χ1v) is 7.56. The van der Waals surface area contributed by atoms with Crippen LogP contribution in [0.5, 0.6) is 0 Å². The van der Waals surface area contributed by atoms with Gasteiger partial charge in [0.05, 0.1) is 3.79 Å². The van der Waals surface area contributed by atoms with Crippen LogP contribution in [0.1, 0.15) is 31.7 Å². The Morgan fingerprint density at radius 3 is 2.94 bits per heavy atom. The standard InChI is InChI=1S/C12H19BrN2S.ClH/c1-9(14)11-4-2-3-5-15(11)7-10-6-12(13)16-8-10;/h6,8-9,11H,2-5,7,14H2,1H3;1H. The van der Waals surface area contributed by atoms with E-state index in [4.69, 9.17) is 5.73 Å². The van der Waals surface area contributed by atoms with Crippen molar-refractivity contribution in [3.63, 3.8) is 0 Å². The summed E-state index contributed by atoms with van der Waals surface area (Å²) in [7, 11) is 0. The lowest BCUT2D eigenvalue weighted by Gasteiger charge is -2.37. The molecule has 0 saturated carbocycles. The van der Waals surface area contributed by atoms with Crippen molar-refractivity contribution >= 4 is 39.7 Å². The SMILES string of the molecule is CC(N)C1CCCCN1Cc1csc(Br)c1.Cl. The molecule has 2 atom stereocenters. The Morgan fingerprint density at radius 1 is 1.59 bits per heavy atom. The van der Waals surface area contributed by atoms with Crippen LogP contribution in [0.3, 0.4) is 0 Å². The topological polar surface area (TPSA) is 29.3 Å². The fourth-order valence-electron chi connectivity index (χ4n) is 2.47. The van der Waals surface area contributed by atoms with E-state index in [1.165, 1.54) is 35.2 Å². The van der Waals surface area contributed by atoms with Gasteiger partial charge >= 0.3 is 0 Å². The summed E-state index contributed by atoms with van der Waals surface area (Å²) in [6.45, 7) is 4.38. The summed E-state index contributed by atoms with van der Waals surface area (Å²) < 4.78 is 1.22. The summed E-state index contributed by atoms with van der Waals surface area (Å²) in [5.41, 5.74) is 7.47. The molecular formula is C12H20BrClN2S. The Bertz CT molecular complexity index is 343. The third-order valence-corrected chi connectivity index (χ3v) is 4.83. The summed E-state index contributed by atoms with van der Waals surface area (Å²) in [6, 6.07) is 3.06. The molecule has 0 bridgehead atoms. The highest BCUT2D eigenvalue weighted by Crippen LogP contribution is 2.25. The Morgan fingerprint density at radius 2 is 2.35 bits per heavy atom. The molecule has 17 heavy (non-hydrogen) atoms. The van der Waals surface area contributed by atoms with E-state index < -0.39 is 0 Å². The van der Waals surface area contributed by atoms with Gasteiger partial charge in [-0.3, -0.25) is 4.90 Å². The average molecular weight is 340 g/mol. The molecule has 1 aromatic rings. The van der Waals surface area contributed by atoms with Crippen LogP contribution in [0.15, 0.2) is 15.2 Å². The maximum absolute atomic E-state index is 6.07. The lowest BCUT2D eigenvalue weighted by atomic mass is 9.96. The Hall–Kier alpha value is 0.390. The predicted molar refractivity (Wildman–Crippen MR) is 81.0 cm³/mol. The molecule has 2 N–H and O–H groups in total. The number of hydrogen-bond donors (Lipinski definition) is 1. The van der Waals surface area contributed by atoms with Gasteiger partial charge in [0.1, 0.15) is 0 Å². The molecule has 1 aromatic heterocycles. The average Bonchev–Trinajstić information content (AvgIpc) is 2.64. The summed E-state index contributed by atoms with van der Waals surface area (Å²) in [5.74, 6) is 0. The lowest BCUT2D eigenvalue weighted by Crippen LogP contribution is -2.48. The minimum absolute atomic E-state index is 0. The first-order valence-electron chi connectivity index (χ1n) is 5.89. The van der Waals surface area contributed by atoms with E-state index in [9.17, 15) is 0 Å². The summed E-state index contributed by atoms with van der Waals surface area (Å²) in [5, 5.41) is 2.23. The highest BCUT2D eigenvalue weighted by molar-refractivity contribution is 9.11.